The van der Waals surface area contributed by atoms with Gasteiger partial charge in [-0.05, 0) is 43.7 Å². The minimum atomic E-state index is -0.0375. The molecule has 0 aliphatic heterocycles. The van der Waals surface area contributed by atoms with E-state index in [4.69, 9.17) is 0 Å². The predicted molar refractivity (Wildman–Crippen MR) is 100 cm³/mol. The van der Waals surface area contributed by atoms with Crippen LogP contribution in [0, 0.1) is 13.8 Å². The second kappa shape index (κ2) is 7.07. The lowest BCUT2D eigenvalue weighted by molar-refractivity contribution is 0.319. The standard InChI is InChI=1S/C20H24N4O/c1-14-9-19(20(25)22-15(14)2)18-7-5-16(6-8-18)11-23(3)12-17-10-21-24(4)13-17/h5-10,13H,11-12H2,1-4H3,(H,22,25). The van der Waals surface area contributed by atoms with Crippen molar-refractivity contribution in [1.82, 2.24) is 19.7 Å². The van der Waals surface area contributed by atoms with Gasteiger partial charge in [0.25, 0.3) is 5.56 Å². The molecular weight excluding hydrogens is 312 g/mol. The Kier molecular flexibility index (Phi) is 4.86. The van der Waals surface area contributed by atoms with E-state index in [1.165, 1.54) is 11.1 Å². The fourth-order valence-electron chi connectivity index (χ4n) is 2.96. The van der Waals surface area contributed by atoms with Crippen molar-refractivity contribution >= 4 is 0 Å². The number of H-pyrrole nitrogens is 1. The van der Waals surface area contributed by atoms with Gasteiger partial charge in [0, 0.05) is 43.2 Å². The van der Waals surface area contributed by atoms with E-state index >= 15 is 0 Å². The summed E-state index contributed by atoms with van der Waals surface area (Å²) >= 11 is 0. The Labute approximate surface area is 147 Å². The molecule has 0 bridgehead atoms. The Morgan fingerprint density at radius 2 is 1.80 bits per heavy atom. The molecule has 0 radical (unpaired) electrons. The van der Waals surface area contributed by atoms with Gasteiger partial charge in [0.05, 0.1) is 6.20 Å². The van der Waals surface area contributed by atoms with Crippen LogP contribution in [0.5, 0.6) is 0 Å². The topological polar surface area (TPSA) is 53.9 Å². The maximum absolute atomic E-state index is 12.2. The molecule has 1 N–H and O–H groups in total. The number of aryl methyl sites for hydroxylation is 3. The van der Waals surface area contributed by atoms with Gasteiger partial charge in [0.15, 0.2) is 0 Å². The molecule has 3 rings (SSSR count). The molecule has 2 heterocycles. The molecule has 0 aliphatic carbocycles. The third kappa shape index (κ3) is 4.06. The fraction of sp³-hybridized carbons (Fsp3) is 0.300. The molecule has 0 amide bonds. The third-order valence-electron chi connectivity index (χ3n) is 4.43. The van der Waals surface area contributed by atoms with E-state index in [2.05, 4.69) is 34.2 Å². The summed E-state index contributed by atoms with van der Waals surface area (Å²) in [4.78, 5) is 17.3. The Hall–Kier alpha value is -2.66. The molecule has 0 unspecified atom stereocenters. The highest BCUT2D eigenvalue weighted by molar-refractivity contribution is 5.63. The summed E-state index contributed by atoms with van der Waals surface area (Å²) in [5, 5.41) is 4.20. The summed E-state index contributed by atoms with van der Waals surface area (Å²) in [6.45, 7) is 5.63. The van der Waals surface area contributed by atoms with Crippen LogP contribution in [0.2, 0.25) is 0 Å². The largest absolute Gasteiger partial charge is 0.326 e. The minimum Gasteiger partial charge on any atom is -0.326 e. The number of hydrogen-bond acceptors (Lipinski definition) is 3. The predicted octanol–water partition coefficient (Wildman–Crippen LogP) is 3.02. The summed E-state index contributed by atoms with van der Waals surface area (Å²) < 4.78 is 1.82. The lowest BCUT2D eigenvalue weighted by Crippen LogP contribution is -2.17. The van der Waals surface area contributed by atoms with Gasteiger partial charge < -0.3 is 4.98 Å². The van der Waals surface area contributed by atoms with Crippen LogP contribution in [0.1, 0.15) is 22.4 Å². The van der Waals surface area contributed by atoms with E-state index in [0.717, 1.165) is 35.5 Å². The molecular formula is C20H24N4O. The summed E-state index contributed by atoms with van der Waals surface area (Å²) in [7, 11) is 4.02. The normalized spacial score (nSPS) is 11.2. The molecule has 130 valence electrons. The first-order valence-electron chi connectivity index (χ1n) is 8.38. The van der Waals surface area contributed by atoms with Crippen molar-refractivity contribution in [3.63, 3.8) is 0 Å². The molecule has 0 aliphatic rings. The highest BCUT2D eigenvalue weighted by atomic mass is 16.1. The van der Waals surface area contributed by atoms with E-state index in [1.807, 2.05) is 56.2 Å². The smallest absolute Gasteiger partial charge is 0.256 e. The van der Waals surface area contributed by atoms with Crippen LogP contribution in [0.3, 0.4) is 0 Å². The first-order valence-corrected chi connectivity index (χ1v) is 8.38. The van der Waals surface area contributed by atoms with Gasteiger partial charge in [-0.25, -0.2) is 0 Å². The van der Waals surface area contributed by atoms with Crippen molar-refractivity contribution in [1.29, 1.82) is 0 Å². The van der Waals surface area contributed by atoms with Gasteiger partial charge in [-0.2, -0.15) is 5.10 Å². The second-order valence-electron chi connectivity index (χ2n) is 6.71. The average Bonchev–Trinajstić information content (AvgIpc) is 2.96. The molecule has 25 heavy (non-hydrogen) atoms. The summed E-state index contributed by atoms with van der Waals surface area (Å²) in [6, 6.07) is 10.2. The maximum Gasteiger partial charge on any atom is 0.256 e. The summed E-state index contributed by atoms with van der Waals surface area (Å²) in [5.41, 5.74) is 6.06. The quantitative estimate of drug-likeness (QED) is 0.779. The zero-order valence-electron chi connectivity index (χ0n) is 15.2. The zero-order chi connectivity index (χ0) is 18.0. The van der Waals surface area contributed by atoms with E-state index < -0.39 is 0 Å². The minimum absolute atomic E-state index is 0.0375. The first-order chi connectivity index (χ1) is 11.9. The van der Waals surface area contributed by atoms with Crippen molar-refractivity contribution in [3.05, 3.63) is 75.5 Å². The van der Waals surface area contributed by atoms with Crippen molar-refractivity contribution in [3.8, 4) is 11.1 Å². The fourth-order valence-corrected chi connectivity index (χ4v) is 2.96. The maximum atomic E-state index is 12.2. The van der Waals surface area contributed by atoms with Gasteiger partial charge in [0.2, 0.25) is 0 Å². The number of nitrogens with zero attached hydrogens (tertiary/aromatic N) is 3. The average molecular weight is 336 g/mol. The Morgan fingerprint density at radius 1 is 1.12 bits per heavy atom. The molecule has 3 aromatic rings. The van der Waals surface area contributed by atoms with Crippen molar-refractivity contribution in [2.75, 3.05) is 7.05 Å². The van der Waals surface area contributed by atoms with Gasteiger partial charge in [-0.1, -0.05) is 24.3 Å². The summed E-state index contributed by atoms with van der Waals surface area (Å²) in [5.74, 6) is 0. The highest BCUT2D eigenvalue weighted by Gasteiger charge is 2.07. The molecule has 0 saturated carbocycles. The molecule has 0 spiro atoms. The number of pyridine rings is 1. The molecule has 1 aromatic carbocycles. The van der Waals surface area contributed by atoms with Crippen molar-refractivity contribution in [2.45, 2.75) is 26.9 Å². The van der Waals surface area contributed by atoms with Crippen LogP contribution < -0.4 is 5.56 Å². The number of aromatic nitrogens is 3. The van der Waals surface area contributed by atoms with Gasteiger partial charge >= 0.3 is 0 Å². The van der Waals surface area contributed by atoms with Crippen LogP contribution in [0.15, 0.2) is 47.5 Å². The van der Waals surface area contributed by atoms with Crippen LogP contribution >= 0.6 is 0 Å². The lowest BCUT2D eigenvalue weighted by atomic mass is 10.0. The van der Waals surface area contributed by atoms with Crippen LogP contribution in [-0.2, 0) is 20.1 Å². The molecule has 2 aromatic heterocycles. The van der Waals surface area contributed by atoms with Crippen LogP contribution in [-0.4, -0.2) is 26.7 Å². The highest BCUT2D eigenvalue weighted by Crippen LogP contribution is 2.19. The monoisotopic (exact) mass is 336 g/mol. The summed E-state index contributed by atoms with van der Waals surface area (Å²) in [6.07, 6.45) is 3.93. The van der Waals surface area contributed by atoms with Crippen molar-refractivity contribution < 1.29 is 0 Å². The van der Waals surface area contributed by atoms with Gasteiger partial charge in [-0.15, -0.1) is 0 Å². The molecule has 5 heteroatoms. The lowest BCUT2D eigenvalue weighted by Gasteiger charge is -2.16. The molecule has 0 fully saturated rings. The van der Waals surface area contributed by atoms with E-state index in [9.17, 15) is 4.79 Å². The molecule has 0 saturated heterocycles. The van der Waals surface area contributed by atoms with E-state index in [-0.39, 0.29) is 5.56 Å². The van der Waals surface area contributed by atoms with Crippen molar-refractivity contribution in [2.24, 2.45) is 7.05 Å². The van der Waals surface area contributed by atoms with Crippen LogP contribution in [0.4, 0.5) is 0 Å². The van der Waals surface area contributed by atoms with Gasteiger partial charge in [-0.3, -0.25) is 14.4 Å². The Morgan fingerprint density at radius 3 is 2.44 bits per heavy atom. The SMILES string of the molecule is Cc1cc(-c2ccc(CN(C)Cc3cnn(C)c3)cc2)c(=O)[nH]c1C. The second-order valence-corrected chi connectivity index (χ2v) is 6.71. The van der Waals surface area contributed by atoms with Gasteiger partial charge in [0.1, 0.15) is 0 Å². The Balaban J connectivity index is 1.72. The number of aromatic amines is 1. The molecule has 0 atom stereocenters. The Bertz CT molecular complexity index is 922. The van der Waals surface area contributed by atoms with E-state index in [1.54, 1.807) is 0 Å². The number of nitrogens with one attached hydrogen (secondary N) is 1. The van der Waals surface area contributed by atoms with Crippen LogP contribution in [0.25, 0.3) is 11.1 Å². The number of benzene rings is 1. The van der Waals surface area contributed by atoms with E-state index in [0.29, 0.717) is 0 Å². The third-order valence-corrected chi connectivity index (χ3v) is 4.43. The number of rotatable bonds is 5. The molecule has 5 nitrogen and oxygen atoms in total. The number of hydrogen-bond donors (Lipinski definition) is 1. The first kappa shape index (κ1) is 17.2. The zero-order valence-corrected chi connectivity index (χ0v) is 15.2.